The van der Waals surface area contributed by atoms with Crippen molar-refractivity contribution in [1.29, 1.82) is 0 Å². The maximum atomic E-state index is 12.9. The summed E-state index contributed by atoms with van der Waals surface area (Å²) < 4.78 is 0. The summed E-state index contributed by atoms with van der Waals surface area (Å²) in [4.78, 5) is 36.5. The number of carbonyl (C=O) groups excluding carboxylic acids is 1. The summed E-state index contributed by atoms with van der Waals surface area (Å²) in [7, 11) is 0. The highest BCUT2D eigenvalue weighted by Gasteiger charge is 2.21. The summed E-state index contributed by atoms with van der Waals surface area (Å²) >= 11 is 1.24. The van der Waals surface area contributed by atoms with E-state index < -0.39 is 10.9 Å². The summed E-state index contributed by atoms with van der Waals surface area (Å²) in [6.45, 7) is 0.551. The molecule has 0 heterocycles. The fraction of sp³-hybridized carbons (Fsp3) is 0.263. The molecule has 27 heavy (non-hydrogen) atoms. The van der Waals surface area contributed by atoms with Crippen LogP contribution in [0.25, 0.3) is 0 Å². The molecule has 1 N–H and O–H groups in total. The molecule has 0 aliphatic rings. The molecule has 7 nitrogen and oxygen atoms in total. The van der Waals surface area contributed by atoms with E-state index in [-0.39, 0.29) is 30.1 Å². The molecule has 0 aliphatic heterocycles. The van der Waals surface area contributed by atoms with Gasteiger partial charge in [-0.05, 0) is 30.4 Å². The lowest BCUT2D eigenvalue weighted by atomic mass is 10.1. The van der Waals surface area contributed by atoms with Crippen LogP contribution < -0.4 is 0 Å². The van der Waals surface area contributed by atoms with Gasteiger partial charge in [0.25, 0.3) is 11.6 Å². The number of carbonyl (C=O) groups is 2. The zero-order chi connectivity index (χ0) is 19.8. The molecule has 0 aromatic heterocycles. The van der Waals surface area contributed by atoms with Gasteiger partial charge in [0.05, 0.1) is 9.82 Å². The number of nitrogens with zero attached hydrogens (tertiary/aromatic N) is 2. The fourth-order valence-electron chi connectivity index (χ4n) is 2.63. The first-order chi connectivity index (χ1) is 12.9. The van der Waals surface area contributed by atoms with Crippen LogP contribution >= 0.6 is 11.8 Å². The molecule has 8 heteroatoms. The lowest BCUT2D eigenvalue weighted by Crippen LogP contribution is -2.32. The van der Waals surface area contributed by atoms with Crippen LogP contribution in [0.15, 0.2) is 53.4 Å². The first-order valence-electron chi connectivity index (χ1n) is 8.29. The van der Waals surface area contributed by atoms with Crippen molar-refractivity contribution in [3.05, 3.63) is 69.8 Å². The summed E-state index contributed by atoms with van der Waals surface area (Å²) in [5.41, 5.74) is 1.00. The van der Waals surface area contributed by atoms with Crippen molar-refractivity contribution in [2.24, 2.45) is 0 Å². The van der Waals surface area contributed by atoms with E-state index in [1.165, 1.54) is 22.7 Å². The number of aliphatic carboxylic acids is 1. The van der Waals surface area contributed by atoms with Crippen LogP contribution in [-0.4, -0.2) is 39.6 Å². The van der Waals surface area contributed by atoms with Crippen molar-refractivity contribution in [3.8, 4) is 0 Å². The number of amides is 1. The molecule has 142 valence electrons. The molecule has 0 unspecified atom stereocenters. The van der Waals surface area contributed by atoms with Crippen molar-refractivity contribution < 1.29 is 19.6 Å². The molecular weight excluding hydrogens is 368 g/mol. The van der Waals surface area contributed by atoms with Gasteiger partial charge in [-0.25, -0.2) is 0 Å². The van der Waals surface area contributed by atoms with Gasteiger partial charge in [-0.2, -0.15) is 0 Å². The highest BCUT2D eigenvalue weighted by molar-refractivity contribution is 7.98. The molecule has 1 amide bonds. The predicted molar refractivity (Wildman–Crippen MR) is 103 cm³/mol. The van der Waals surface area contributed by atoms with Gasteiger partial charge in [0.2, 0.25) is 0 Å². The van der Waals surface area contributed by atoms with Crippen LogP contribution in [0.5, 0.6) is 0 Å². The Bertz CT molecular complexity index is 826. The molecular formula is C19H20N2O5S. The van der Waals surface area contributed by atoms with Crippen molar-refractivity contribution >= 4 is 29.3 Å². The molecule has 0 bridgehead atoms. The Morgan fingerprint density at radius 3 is 2.48 bits per heavy atom. The third-order valence-corrected chi connectivity index (χ3v) is 4.73. The highest BCUT2D eigenvalue weighted by Crippen LogP contribution is 2.29. The number of carboxylic acid groups (broad SMARTS) is 1. The number of carboxylic acids is 1. The maximum Gasteiger partial charge on any atom is 0.303 e. The quantitative estimate of drug-likeness (QED) is 0.398. The standard InChI is InChI=1S/C19H20N2O5S/c1-27-17-10-9-15(12-16(17)21(25)26)19(24)20(11-5-8-18(22)23)13-14-6-3-2-4-7-14/h2-4,6-7,9-10,12H,5,8,11,13H2,1H3,(H,22,23). The summed E-state index contributed by atoms with van der Waals surface area (Å²) in [6.07, 6.45) is 1.99. The van der Waals surface area contributed by atoms with Gasteiger partial charge >= 0.3 is 5.97 Å². The van der Waals surface area contributed by atoms with E-state index in [0.717, 1.165) is 5.56 Å². The molecule has 0 radical (unpaired) electrons. The average Bonchev–Trinajstić information content (AvgIpc) is 2.66. The number of nitro groups is 1. The van der Waals surface area contributed by atoms with Gasteiger partial charge < -0.3 is 10.0 Å². The Kier molecular flexibility index (Phi) is 7.36. The van der Waals surface area contributed by atoms with E-state index in [4.69, 9.17) is 5.11 Å². The second-order valence-corrected chi connectivity index (χ2v) is 6.70. The number of thioether (sulfide) groups is 1. The Labute approximate surface area is 161 Å². The van der Waals surface area contributed by atoms with Gasteiger partial charge in [0, 0.05) is 31.1 Å². The smallest absolute Gasteiger partial charge is 0.303 e. The first kappa shape index (κ1) is 20.4. The second-order valence-electron chi connectivity index (χ2n) is 5.85. The van der Waals surface area contributed by atoms with E-state index in [0.29, 0.717) is 17.9 Å². The SMILES string of the molecule is CSc1ccc(C(=O)N(CCCC(=O)O)Cc2ccccc2)cc1[N+](=O)[O-]. The number of hydrogen-bond acceptors (Lipinski definition) is 5. The van der Waals surface area contributed by atoms with Crippen LogP contribution in [-0.2, 0) is 11.3 Å². The van der Waals surface area contributed by atoms with Crippen LogP contribution in [0.4, 0.5) is 5.69 Å². The highest BCUT2D eigenvalue weighted by atomic mass is 32.2. The van der Waals surface area contributed by atoms with E-state index in [1.807, 2.05) is 30.3 Å². The molecule has 0 aliphatic carbocycles. The number of benzene rings is 2. The Balaban J connectivity index is 2.27. The monoisotopic (exact) mass is 388 g/mol. The average molecular weight is 388 g/mol. The lowest BCUT2D eigenvalue weighted by molar-refractivity contribution is -0.387. The van der Waals surface area contributed by atoms with Gasteiger partial charge in [-0.1, -0.05) is 30.3 Å². The summed E-state index contributed by atoms with van der Waals surface area (Å²) in [5.74, 6) is -1.29. The molecule has 0 spiro atoms. The van der Waals surface area contributed by atoms with Crippen molar-refractivity contribution in [2.75, 3.05) is 12.8 Å². The molecule has 2 aromatic rings. The largest absolute Gasteiger partial charge is 0.481 e. The third-order valence-electron chi connectivity index (χ3n) is 3.94. The Hall–Kier alpha value is -2.87. The molecule has 2 rings (SSSR count). The van der Waals surface area contributed by atoms with E-state index >= 15 is 0 Å². The number of rotatable bonds is 9. The minimum Gasteiger partial charge on any atom is -0.481 e. The van der Waals surface area contributed by atoms with Crippen molar-refractivity contribution in [3.63, 3.8) is 0 Å². The molecule has 0 fully saturated rings. The van der Waals surface area contributed by atoms with E-state index in [2.05, 4.69) is 0 Å². The molecule has 2 aromatic carbocycles. The van der Waals surface area contributed by atoms with E-state index in [1.54, 1.807) is 18.4 Å². The van der Waals surface area contributed by atoms with Gasteiger partial charge in [-0.3, -0.25) is 19.7 Å². The van der Waals surface area contributed by atoms with Crippen LogP contribution in [0.1, 0.15) is 28.8 Å². The maximum absolute atomic E-state index is 12.9. The minimum atomic E-state index is -0.929. The van der Waals surface area contributed by atoms with Crippen molar-refractivity contribution in [2.45, 2.75) is 24.3 Å². The number of nitro benzene ring substituents is 1. The zero-order valence-corrected chi connectivity index (χ0v) is 15.6. The van der Waals surface area contributed by atoms with Gasteiger partial charge in [0.1, 0.15) is 0 Å². The van der Waals surface area contributed by atoms with Gasteiger partial charge in [0.15, 0.2) is 0 Å². The first-order valence-corrected chi connectivity index (χ1v) is 9.52. The Morgan fingerprint density at radius 2 is 1.89 bits per heavy atom. The van der Waals surface area contributed by atoms with E-state index in [9.17, 15) is 19.7 Å². The zero-order valence-electron chi connectivity index (χ0n) is 14.8. The number of hydrogen-bond donors (Lipinski definition) is 1. The van der Waals surface area contributed by atoms with Crippen LogP contribution in [0.3, 0.4) is 0 Å². The van der Waals surface area contributed by atoms with Crippen molar-refractivity contribution in [1.82, 2.24) is 4.90 Å². The topological polar surface area (TPSA) is 101 Å². The van der Waals surface area contributed by atoms with Gasteiger partial charge in [-0.15, -0.1) is 11.8 Å². The normalized spacial score (nSPS) is 10.4. The summed E-state index contributed by atoms with van der Waals surface area (Å²) in [5, 5.41) is 20.1. The summed E-state index contributed by atoms with van der Waals surface area (Å²) in [6, 6.07) is 13.7. The van der Waals surface area contributed by atoms with Crippen LogP contribution in [0, 0.1) is 10.1 Å². The lowest BCUT2D eigenvalue weighted by Gasteiger charge is -2.23. The second kappa shape index (κ2) is 9.72. The predicted octanol–water partition coefficient (Wildman–Crippen LogP) is 3.82. The fourth-order valence-corrected chi connectivity index (χ4v) is 3.17. The van der Waals surface area contributed by atoms with Crippen LogP contribution in [0.2, 0.25) is 0 Å². The molecule has 0 saturated carbocycles. The third kappa shape index (κ3) is 5.82. The minimum absolute atomic E-state index is 0.0515. The molecule has 0 atom stereocenters. The molecule has 0 saturated heterocycles. The Morgan fingerprint density at radius 1 is 1.19 bits per heavy atom.